The van der Waals surface area contributed by atoms with Crippen molar-refractivity contribution in [1.29, 1.82) is 0 Å². The van der Waals surface area contributed by atoms with Crippen LogP contribution < -0.4 is 10.1 Å². The number of piperazine rings is 1. The Bertz CT molecular complexity index is 455. The molecule has 1 heterocycles. The lowest BCUT2D eigenvalue weighted by atomic mass is 9.91. The lowest BCUT2D eigenvalue weighted by Gasteiger charge is -2.44. The minimum atomic E-state index is 0.318. The second-order valence-corrected chi connectivity index (χ2v) is 6.54. The van der Waals surface area contributed by atoms with Crippen LogP contribution in [0.1, 0.15) is 38.3 Å². The Kier molecular flexibility index (Phi) is 3.74. The summed E-state index contributed by atoms with van der Waals surface area (Å²) in [6.07, 6.45) is 2.79. The molecule has 3 heteroatoms. The van der Waals surface area contributed by atoms with Gasteiger partial charge in [0.2, 0.25) is 0 Å². The third-order valence-electron chi connectivity index (χ3n) is 5.08. The predicted octanol–water partition coefficient (Wildman–Crippen LogP) is 2.83. The normalized spacial score (nSPS) is 29.1. The standard InChI is InChI=1S/C17H26N2O/c1-13(14-4-8-16(20-3)9-5-14)19-11-10-18-17(2,12-19)15-6-7-15/h4-5,8-9,13,15,18H,6-7,10-12H2,1-3H3. The molecule has 0 amide bonds. The molecule has 1 aromatic rings. The minimum Gasteiger partial charge on any atom is -0.497 e. The third-order valence-corrected chi connectivity index (χ3v) is 5.08. The molecule has 0 spiro atoms. The minimum absolute atomic E-state index is 0.318. The van der Waals surface area contributed by atoms with E-state index in [0.717, 1.165) is 31.3 Å². The van der Waals surface area contributed by atoms with E-state index < -0.39 is 0 Å². The maximum absolute atomic E-state index is 5.24. The quantitative estimate of drug-likeness (QED) is 0.913. The molecular formula is C17H26N2O. The van der Waals surface area contributed by atoms with Gasteiger partial charge in [0, 0.05) is 31.2 Å². The number of nitrogens with zero attached hydrogens (tertiary/aromatic N) is 1. The van der Waals surface area contributed by atoms with Gasteiger partial charge in [0.25, 0.3) is 0 Å². The molecular weight excluding hydrogens is 248 g/mol. The largest absolute Gasteiger partial charge is 0.497 e. The van der Waals surface area contributed by atoms with Gasteiger partial charge in [0.05, 0.1) is 7.11 Å². The van der Waals surface area contributed by atoms with Crippen molar-refractivity contribution in [3.05, 3.63) is 29.8 Å². The first-order valence-electron chi connectivity index (χ1n) is 7.75. The molecule has 2 atom stereocenters. The van der Waals surface area contributed by atoms with Crippen molar-refractivity contribution in [3.63, 3.8) is 0 Å². The molecule has 1 aliphatic carbocycles. The highest BCUT2D eigenvalue weighted by Crippen LogP contribution is 2.41. The monoisotopic (exact) mass is 274 g/mol. The summed E-state index contributed by atoms with van der Waals surface area (Å²) in [6, 6.07) is 8.99. The number of hydrogen-bond donors (Lipinski definition) is 1. The van der Waals surface area contributed by atoms with Crippen molar-refractivity contribution in [2.24, 2.45) is 5.92 Å². The Morgan fingerprint density at radius 2 is 2.00 bits per heavy atom. The molecule has 1 saturated heterocycles. The van der Waals surface area contributed by atoms with Gasteiger partial charge in [-0.05, 0) is 50.3 Å². The Balaban J connectivity index is 1.70. The molecule has 1 aromatic carbocycles. The molecule has 1 saturated carbocycles. The summed E-state index contributed by atoms with van der Waals surface area (Å²) in [4.78, 5) is 2.62. The Morgan fingerprint density at radius 3 is 2.60 bits per heavy atom. The van der Waals surface area contributed by atoms with Gasteiger partial charge in [-0.2, -0.15) is 0 Å². The summed E-state index contributed by atoms with van der Waals surface area (Å²) < 4.78 is 5.24. The second-order valence-electron chi connectivity index (χ2n) is 6.54. The molecule has 1 N–H and O–H groups in total. The first kappa shape index (κ1) is 13.9. The van der Waals surface area contributed by atoms with Crippen molar-refractivity contribution in [3.8, 4) is 5.75 Å². The van der Waals surface area contributed by atoms with E-state index in [4.69, 9.17) is 4.74 Å². The van der Waals surface area contributed by atoms with Gasteiger partial charge < -0.3 is 10.1 Å². The van der Waals surface area contributed by atoms with Gasteiger partial charge in [-0.1, -0.05) is 12.1 Å². The number of nitrogens with one attached hydrogen (secondary N) is 1. The van der Waals surface area contributed by atoms with Crippen LogP contribution in [0.3, 0.4) is 0 Å². The summed E-state index contributed by atoms with van der Waals surface area (Å²) in [5, 5.41) is 3.75. The second kappa shape index (κ2) is 5.38. The molecule has 2 fully saturated rings. The highest BCUT2D eigenvalue weighted by molar-refractivity contribution is 5.29. The topological polar surface area (TPSA) is 24.5 Å². The molecule has 20 heavy (non-hydrogen) atoms. The van der Waals surface area contributed by atoms with Crippen LogP contribution >= 0.6 is 0 Å². The molecule has 2 unspecified atom stereocenters. The van der Waals surface area contributed by atoms with Crippen molar-refractivity contribution >= 4 is 0 Å². The SMILES string of the molecule is COc1ccc(C(C)N2CCNC(C)(C3CC3)C2)cc1. The van der Waals surface area contributed by atoms with E-state index in [0.29, 0.717) is 11.6 Å². The van der Waals surface area contributed by atoms with Gasteiger partial charge >= 0.3 is 0 Å². The average molecular weight is 274 g/mol. The number of rotatable bonds is 4. The first-order chi connectivity index (χ1) is 9.62. The zero-order valence-corrected chi connectivity index (χ0v) is 12.9. The lowest BCUT2D eigenvalue weighted by Crippen LogP contribution is -2.60. The molecule has 2 aliphatic rings. The van der Waals surface area contributed by atoms with Gasteiger partial charge in [-0.25, -0.2) is 0 Å². The van der Waals surface area contributed by atoms with Crippen LogP contribution in [0.2, 0.25) is 0 Å². The molecule has 0 bridgehead atoms. The third kappa shape index (κ3) is 2.70. The predicted molar refractivity (Wildman–Crippen MR) is 82.1 cm³/mol. The zero-order chi connectivity index (χ0) is 14.2. The smallest absolute Gasteiger partial charge is 0.118 e. The summed E-state index contributed by atoms with van der Waals surface area (Å²) in [5.41, 5.74) is 1.70. The maximum Gasteiger partial charge on any atom is 0.118 e. The molecule has 0 radical (unpaired) electrons. The van der Waals surface area contributed by atoms with Gasteiger partial charge in [0.1, 0.15) is 5.75 Å². The highest BCUT2D eigenvalue weighted by Gasteiger charge is 2.44. The van der Waals surface area contributed by atoms with Crippen molar-refractivity contribution in [2.75, 3.05) is 26.7 Å². The fourth-order valence-electron chi connectivity index (χ4n) is 3.46. The van der Waals surface area contributed by atoms with Crippen molar-refractivity contribution < 1.29 is 4.74 Å². The Morgan fingerprint density at radius 1 is 1.30 bits per heavy atom. The van der Waals surface area contributed by atoms with E-state index in [1.54, 1.807) is 7.11 Å². The van der Waals surface area contributed by atoms with Crippen LogP contribution in [0.25, 0.3) is 0 Å². The molecule has 3 rings (SSSR count). The highest BCUT2D eigenvalue weighted by atomic mass is 16.5. The summed E-state index contributed by atoms with van der Waals surface area (Å²) in [5.74, 6) is 1.82. The number of methoxy groups -OCH3 is 1. The maximum atomic E-state index is 5.24. The molecule has 3 nitrogen and oxygen atoms in total. The van der Waals surface area contributed by atoms with E-state index in [2.05, 4.69) is 48.3 Å². The fourth-order valence-corrected chi connectivity index (χ4v) is 3.46. The number of ether oxygens (including phenoxy) is 1. The van der Waals surface area contributed by atoms with Crippen LogP contribution in [-0.4, -0.2) is 37.2 Å². The van der Waals surface area contributed by atoms with E-state index in [9.17, 15) is 0 Å². The molecule has 0 aromatic heterocycles. The van der Waals surface area contributed by atoms with Crippen LogP contribution in [0.15, 0.2) is 24.3 Å². The zero-order valence-electron chi connectivity index (χ0n) is 12.9. The van der Waals surface area contributed by atoms with Gasteiger partial charge in [-0.15, -0.1) is 0 Å². The summed E-state index contributed by atoms with van der Waals surface area (Å²) >= 11 is 0. The molecule has 110 valence electrons. The van der Waals surface area contributed by atoms with Crippen LogP contribution in [0.5, 0.6) is 5.75 Å². The van der Waals surface area contributed by atoms with Crippen LogP contribution in [0, 0.1) is 5.92 Å². The molecule has 1 aliphatic heterocycles. The number of hydrogen-bond acceptors (Lipinski definition) is 3. The van der Waals surface area contributed by atoms with Gasteiger partial charge in [-0.3, -0.25) is 4.90 Å². The van der Waals surface area contributed by atoms with E-state index in [1.165, 1.54) is 18.4 Å². The van der Waals surface area contributed by atoms with Crippen LogP contribution in [0.4, 0.5) is 0 Å². The average Bonchev–Trinajstić information content (AvgIpc) is 3.32. The van der Waals surface area contributed by atoms with Crippen molar-refractivity contribution in [2.45, 2.75) is 38.3 Å². The summed E-state index contributed by atoms with van der Waals surface area (Å²) in [7, 11) is 1.72. The first-order valence-corrected chi connectivity index (χ1v) is 7.75. The lowest BCUT2D eigenvalue weighted by molar-refractivity contribution is 0.0946. The number of benzene rings is 1. The van der Waals surface area contributed by atoms with Gasteiger partial charge in [0.15, 0.2) is 0 Å². The Hall–Kier alpha value is -1.06. The van der Waals surface area contributed by atoms with E-state index in [1.807, 2.05) is 0 Å². The van der Waals surface area contributed by atoms with Crippen molar-refractivity contribution in [1.82, 2.24) is 10.2 Å². The Labute approximate surface area is 122 Å². The van der Waals surface area contributed by atoms with E-state index >= 15 is 0 Å². The van der Waals surface area contributed by atoms with E-state index in [-0.39, 0.29) is 0 Å². The summed E-state index contributed by atoms with van der Waals surface area (Å²) in [6.45, 7) is 8.12. The fraction of sp³-hybridized carbons (Fsp3) is 0.647. The van der Waals surface area contributed by atoms with Crippen LogP contribution in [-0.2, 0) is 0 Å².